The molecule has 7 nitrogen and oxygen atoms in total. The maximum atomic E-state index is 12.0. The standard InChI is InChI=1S/C36H65O7P/c1-35(2,3)26-18-22(40-7)16-24(32(26)38)25-17-23(41-8)19-27(36(4,5)6)34(25)43-44-42-29-14-10-12-21-15-20-11-9-13-28(37)30(20)33(39)31(21)29/h20-34,37-39,44H,9-19H2,1-8H3. The predicted molar refractivity (Wildman–Crippen MR) is 175 cm³/mol. The molecule has 5 aliphatic carbocycles. The van der Waals surface area contributed by atoms with E-state index in [-0.39, 0.29) is 79.8 Å². The first-order valence-corrected chi connectivity index (χ1v) is 18.7. The van der Waals surface area contributed by atoms with Crippen LogP contribution in [0.5, 0.6) is 0 Å². The van der Waals surface area contributed by atoms with Gasteiger partial charge in [-0.05, 0) is 104 Å². The second-order valence-electron chi connectivity index (χ2n) is 17.6. The molecule has 8 heteroatoms. The molecule has 5 aliphatic rings. The highest BCUT2D eigenvalue weighted by atomic mass is 31.1. The van der Waals surface area contributed by atoms with E-state index >= 15 is 0 Å². The zero-order valence-electron chi connectivity index (χ0n) is 28.9. The minimum absolute atomic E-state index is 0.00403. The Morgan fingerprint density at radius 1 is 0.591 bits per heavy atom. The summed E-state index contributed by atoms with van der Waals surface area (Å²) in [4.78, 5) is 0. The average Bonchev–Trinajstić information content (AvgIpc) is 2.96. The predicted octanol–water partition coefficient (Wildman–Crippen LogP) is 6.76. The van der Waals surface area contributed by atoms with Crippen LogP contribution in [0.1, 0.15) is 112 Å². The Labute approximate surface area is 269 Å². The van der Waals surface area contributed by atoms with Crippen LogP contribution in [0.2, 0.25) is 0 Å². The van der Waals surface area contributed by atoms with Crippen molar-refractivity contribution in [2.75, 3.05) is 14.2 Å². The van der Waals surface area contributed by atoms with Crippen LogP contribution < -0.4 is 0 Å². The lowest BCUT2D eigenvalue weighted by Gasteiger charge is -2.54. The highest BCUT2D eigenvalue weighted by Gasteiger charge is 2.54. The van der Waals surface area contributed by atoms with E-state index in [0.29, 0.717) is 11.8 Å². The second kappa shape index (κ2) is 14.3. The molecule has 0 heterocycles. The molecule has 0 radical (unpaired) electrons. The fourth-order valence-electron chi connectivity index (χ4n) is 10.7. The van der Waals surface area contributed by atoms with E-state index < -0.39 is 18.3 Å². The van der Waals surface area contributed by atoms with Crippen LogP contribution >= 0.6 is 9.03 Å². The first kappa shape index (κ1) is 35.5. The van der Waals surface area contributed by atoms with Crippen molar-refractivity contribution in [3.8, 4) is 0 Å². The molecule has 0 saturated heterocycles. The highest BCUT2D eigenvalue weighted by molar-refractivity contribution is 7.26. The molecule has 0 spiro atoms. The third kappa shape index (κ3) is 7.41. The van der Waals surface area contributed by atoms with Crippen molar-refractivity contribution in [2.45, 2.75) is 155 Å². The molecule has 16 atom stereocenters. The van der Waals surface area contributed by atoms with Crippen LogP contribution in [0.3, 0.4) is 0 Å². The molecule has 0 amide bonds. The molecule has 0 aromatic carbocycles. The summed E-state index contributed by atoms with van der Waals surface area (Å²) >= 11 is 0. The summed E-state index contributed by atoms with van der Waals surface area (Å²) in [7, 11) is 3.52. The number of hydrogen-bond acceptors (Lipinski definition) is 7. The van der Waals surface area contributed by atoms with Gasteiger partial charge in [-0.1, -0.05) is 54.4 Å². The van der Waals surface area contributed by atoms with Crippen molar-refractivity contribution in [3.05, 3.63) is 0 Å². The number of aliphatic hydroxyl groups excluding tert-OH is 3. The van der Waals surface area contributed by atoms with E-state index in [1.165, 1.54) is 0 Å². The van der Waals surface area contributed by atoms with E-state index in [9.17, 15) is 15.3 Å². The molecule has 16 unspecified atom stereocenters. The third-order valence-corrected chi connectivity index (χ3v) is 13.9. The van der Waals surface area contributed by atoms with Gasteiger partial charge in [0.25, 0.3) is 0 Å². The van der Waals surface area contributed by atoms with Gasteiger partial charge in [-0.15, -0.1) is 0 Å². The fraction of sp³-hybridized carbons (Fsp3) is 1.00. The Balaban J connectivity index is 1.35. The summed E-state index contributed by atoms with van der Waals surface area (Å²) in [5, 5.41) is 34.5. The van der Waals surface area contributed by atoms with Gasteiger partial charge >= 0.3 is 0 Å². The normalized spacial score (nSPS) is 47.4. The lowest BCUT2D eigenvalue weighted by Crippen LogP contribution is -2.55. The molecule has 0 aromatic rings. The quantitative estimate of drug-likeness (QED) is 0.265. The van der Waals surface area contributed by atoms with E-state index in [4.69, 9.17) is 18.5 Å². The molecule has 5 fully saturated rings. The SMILES string of the molecule is COC1CC(C2CC(OC)CC(C(C)(C)C)C2OPOC2CCCC3CC4CCCC(O)C4C(O)C32)C(O)C(C(C)(C)C)C1. The van der Waals surface area contributed by atoms with Gasteiger partial charge in [0, 0.05) is 26.1 Å². The van der Waals surface area contributed by atoms with Gasteiger partial charge in [-0.3, -0.25) is 0 Å². The third-order valence-electron chi connectivity index (χ3n) is 13.1. The Morgan fingerprint density at radius 2 is 1.16 bits per heavy atom. The lowest BCUT2D eigenvalue weighted by atomic mass is 9.57. The van der Waals surface area contributed by atoms with Crippen LogP contribution in [-0.4, -0.2) is 72.3 Å². The maximum absolute atomic E-state index is 12.0. The van der Waals surface area contributed by atoms with E-state index in [1.54, 1.807) is 0 Å². The number of ether oxygens (including phenoxy) is 2. The van der Waals surface area contributed by atoms with Crippen molar-refractivity contribution in [3.63, 3.8) is 0 Å². The first-order chi connectivity index (χ1) is 20.7. The molecule has 3 N–H and O–H groups in total. The lowest BCUT2D eigenvalue weighted by molar-refractivity contribution is -0.154. The smallest absolute Gasteiger partial charge is 0.155 e. The number of hydrogen-bond donors (Lipinski definition) is 3. The van der Waals surface area contributed by atoms with E-state index in [1.807, 2.05) is 14.2 Å². The Morgan fingerprint density at radius 3 is 1.77 bits per heavy atom. The van der Waals surface area contributed by atoms with Crippen LogP contribution in [0.4, 0.5) is 0 Å². The Hall–Kier alpha value is 0.150. The van der Waals surface area contributed by atoms with Crippen molar-refractivity contribution >= 4 is 9.03 Å². The highest BCUT2D eigenvalue weighted by Crippen LogP contribution is 2.54. The van der Waals surface area contributed by atoms with Crippen molar-refractivity contribution in [2.24, 2.45) is 58.2 Å². The summed E-state index contributed by atoms with van der Waals surface area (Å²) in [6.45, 7) is 13.6. The molecular weight excluding hydrogens is 575 g/mol. The largest absolute Gasteiger partial charge is 0.393 e. The van der Waals surface area contributed by atoms with Gasteiger partial charge < -0.3 is 33.8 Å². The van der Waals surface area contributed by atoms with E-state index in [2.05, 4.69) is 41.5 Å². The molecule has 0 bridgehead atoms. The van der Waals surface area contributed by atoms with Crippen molar-refractivity contribution < 1.29 is 33.8 Å². The molecule has 0 aliphatic heterocycles. The molecule has 256 valence electrons. The molecule has 5 saturated carbocycles. The zero-order chi connectivity index (χ0) is 32.0. The minimum Gasteiger partial charge on any atom is -0.393 e. The second-order valence-corrected chi connectivity index (χ2v) is 18.2. The zero-order valence-corrected chi connectivity index (χ0v) is 29.9. The van der Waals surface area contributed by atoms with Crippen molar-refractivity contribution in [1.29, 1.82) is 0 Å². The first-order valence-electron chi connectivity index (χ1n) is 17.9. The van der Waals surface area contributed by atoms with Gasteiger partial charge in [0.05, 0.1) is 42.7 Å². The fourth-order valence-corrected chi connectivity index (χ4v) is 11.6. The summed E-state index contributed by atoms with van der Waals surface area (Å²) in [6, 6.07) is 0. The summed E-state index contributed by atoms with van der Waals surface area (Å²) < 4.78 is 25.6. The van der Waals surface area contributed by atoms with Crippen LogP contribution in [0.25, 0.3) is 0 Å². The monoisotopic (exact) mass is 640 g/mol. The molecule has 5 rings (SSSR count). The maximum Gasteiger partial charge on any atom is 0.155 e. The van der Waals surface area contributed by atoms with Crippen LogP contribution in [0.15, 0.2) is 0 Å². The summed E-state index contributed by atoms with van der Waals surface area (Å²) in [5.41, 5.74) is -0.0337. The average molecular weight is 641 g/mol. The van der Waals surface area contributed by atoms with Gasteiger partial charge in [-0.25, -0.2) is 0 Å². The van der Waals surface area contributed by atoms with Crippen LogP contribution in [-0.2, 0) is 18.5 Å². The number of rotatable bonds is 7. The number of methoxy groups -OCH3 is 2. The van der Waals surface area contributed by atoms with Gasteiger partial charge in [-0.2, -0.15) is 0 Å². The van der Waals surface area contributed by atoms with Gasteiger partial charge in [0.1, 0.15) is 0 Å². The van der Waals surface area contributed by atoms with E-state index in [0.717, 1.165) is 70.6 Å². The molecule has 44 heavy (non-hydrogen) atoms. The number of aliphatic hydroxyl groups is 3. The van der Waals surface area contributed by atoms with Crippen LogP contribution in [0, 0.1) is 58.2 Å². The minimum atomic E-state index is -0.506. The number of fused-ring (bicyclic) bond motifs is 2. The van der Waals surface area contributed by atoms with Gasteiger partial charge in [0.15, 0.2) is 9.03 Å². The Bertz CT molecular complexity index is 919. The topological polar surface area (TPSA) is 97.6 Å². The molecular formula is C36H65O7P. The van der Waals surface area contributed by atoms with Crippen molar-refractivity contribution in [1.82, 2.24) is 0 Å². The Kier molecular flexibility index (Phi) is 11.5. The summed E-state index contributed by atoms with van der Waals surface area (Å²) in [5.74, 6) is 1.54. The molecule has 0 aromatic heterocycles. The van der Waals surface area contributed by atoms with Gasteiger partial charge in [0.2, 0.25) is 0 Å². The summed E-state index contributed by atoms with van der Waals surface area (Å²) in [6.07, 6.45) is 9.63.